The molecule has 5 heteroatoms. The number of guanidine groups is 1. The third-order valence-electron chi connectivity index (χ3n) is 4.47. The van der Waals surface area contributed by atoms with Crippen molar-refractivity contribution in [3.63, 3.8) is 0 Å². The van der Waals surface area contributed by atoms with Crippen molar-refractivity contribution in [2.24, 2.45) is 16.8 Å². The molecular weight excluding hydrogens is 363 g/mol. The van der Waals surface area contributed by atoms with E-state index in [0.29, 0.717) is 6.04 Å². The summed E-state index contributed by atoms with van der Waals surface area (Å²) in [5, 5.41) is 3.60. The maximum Gasteiger partial charge on any atom is 0.193 e. The van der Waals surface area contributed by atoms with Gasteiger partial charge >= 0.3 is 0 Å². The molecule has 2 unspecified atom stereocenters. The van der Waals surface area contributed by atoms with Crippen molar-refractivity contribution in [1.82, 2.24) is 15.1 Å². The molecule has 1 aliphatic heterocycles. The lowest BCUT2D eigenvalue weighted by Crippen LogP contribution is -2.50. The molecule has 1 N–H and O–H groups in total. The van der Waals surface area contributed by atoms with Crippen molar-refractivity contribution < 1.29 is 0 Å². The van der Waals surface area contributed by atoms with E-state index in [1.807, 2.05) is 7.05 Å². The van der Waals surface area contributed by atoms with Crippen LogP contribution in [0.15, 0.2) is 4.99 Å². The smallest absolute Gasteiger partial charge is 0.193 e. The van der Waals surface area contributed by atoms with Crippen molar-refractivity contribution in [1.29, 1.82) is 0 Å². The molecule has 20 heavy (non-hydrogen) atoms. The number of aliphatic imine (C=N–C) groups is 1. The van der Waals surface area contributed by atoms with Crippen LogP contribution in [0.3, 0.4) is 0 Å². The monoisotopic (exact) mass is 394 g/mol. The molecule has 0 bridgehead atoms. The lowest BCUT2D eigenvalue weighted by Gasteiger charge is -2.34. The number of nitrogens with zero attached hydrogens (tertiary/aromatic N) is 3. The van der Waals surface area contributed by atoms with E-state index >= 15 is 0 Å². The molecule has 1 heterocycles. The highest BCUT2D eigenvalue weighted by Crippen LogP contribution is 2.34. The predicted octanol–water partition coefficient (Wildman–Crippen LogP) is 2.25. The molecule has 0 spiro atoms. The molecule has 118 valence electrons. The van der Waals surface area contributed by atoms with Gasteiger partial charge in [-0.1, -0.05) is 6.92 Å². The van der Waals surface area contributed by atoms with Gasteiger partial charge in [-0.25, -0.2) is 0 Å². The van der Waals surface area contributed by atoms with Crippen LogP contribution in [0, 0.1) is 11.8 Å². The van der Waals surface area contributed by atoms with Gasteiger partial charge in [0.2, 0.25) is 0 Å². The van der Waals surface area contributed by atoms with E-state index < -0.39 is 0 Å². The summed E-state index contributed by atoms with van der Waals surface area (Å²) in [4.78, 5) is 9.25. The highest BCUT2D eigenvalue weighted by Gasteiger charge is 2.32. The number of hydrogen-bond donors (Lipinski definition) is 1. The molecule has 0 aromatic carbocycles. The first kappa shape index (κ1) is 18.0. The normalized spacial score (nSPS) is 25.4. The molecule has 1 saturated heterocycles. The Bertz CT molecular complexity index is 313. The lowest BCUT2D eigenvalue weighted by atomic mass is 10.0. The molecule has 0 aromatic heterocycles. The molecule has 4 nitrogen and oxygen atoms in total. The SMILES string of the molecule is CN=C(NCC(C1CC1)N(C)C)N1CCCC(C)C1.I. The summed E-state index contributed by atoms with van der Waals surface area (Å²) >= 11 is 0. The molecule has 1 saturated carbocycles. The van der Waals surface area contributed by atoms with Gasteiger partial charge in [-0.15, -0.1) is 24.0 Å². The Morgan fingerprint density at radius 3 is 2.55 bits per heavy atom. The summed E-state index contributed by atoms with van der Waals surface area (Å²) < 4.78 is 0. The van der Waals surface area contributed by atoms with Crippen LogP contribution in [-0.2, 0) is 0 Å². The first-order valence-corrected chi connectivity index (χ1v) is 7.73. The molecule has 0 radical (unpaired) electrons. The van der Waals surface area contributed by atoms with E-state index in [4.69, 9.17) is 0 Å². The summed E-state index contributed by atoms with van der Waals surface area (Å²) in [6.07, 6.45) is 5.44. The van der Waals surface area contributed by atoms with Gasteiger partial charge in [0.25, 0.3) is 0 Å². The molecule has 2 rings (SSSR count). The van der Waals surface area contributed by atoms with Gasteiger partial charge in [0, 0.05) is 32.7 Å². The first-order chi connectivity index (χ1) is 9.11. The first-order valence-electron chi connectivity index (χ1n) is 7.73. The van der Waals surface area contributed by atoms with E-state index in [1.54, 1.807) is 0 Å². The van der Waals surface area contributed by atoms with Crippen molar-refractivity contribution >= 4 is 29.9 Å². The van der Waals surface area contributed by atoms with Gasteiger partial charge in [-0.2, -0.15) is 0 Å². The van der Waals surface area contributed by atoms with Crippen LogP contribution in [0.4, 0.5) is 0 Å². The van der Waals surface area contributed by atoms with Crippen LogP contribution in [0.5, 0.6) is 0 Å². The fourth-order valence-corrected chi connectivity index (χ4v) is 3.16. The number of likely N-dealkylation sites (tertiary alicyclic amines) is 1. The number of likely N-dealkylation sites (N-methyl/N-ethyl adjacent to an activating group) is 1. The van der Waals surface area contributed by atoms with Gasteiger partial charge in [0.15, 0.2) is 5.96 Å². The van der Waals surface area contributed by atoms with Crippen molar-refractivity contribution in [3.8, 4) is 0 Å². The van der Waals surface area contributed by atoms with Gasteiger partial charge in [-0.3, -0.25) is 4.99 Å². The number of rotatable bonds is 4. The lowest BCUT2D eigenvalue weighted by molar-refractivity contribution is 0.247. The summed E-state index contributed by atoms with van der Waals surface area (Å²) in [6, 6.07) is 0.652. The Labute approximate surface area is 141 Å². The van der Waals surface area contributed by atoms with E-state index in [9.17, 15) is 0 Å². The van der Waals surface area contributed by atoms with Gasteiger partial charge in [0.05, 0.1) is 0 Å². The van der Waals surface area contributed by atoms with Crippen molar-refractivity contribution in [3.05, 3.63) is 0 Å². The third-order valence-corrected chi connectivity index (χ3v) is 4.47. The molecule has 0 aromatic rings. The maximum absolute atomic E-state index is 4.47. The van der Waals surface area contributed by atoms with Crippen LogP contribution in [0.1, 0.15) is 32.6 Å². The second kappa shape index (κ2) is 8.41. The quantitative estimate of drug-likeness (QED) is 0.451. The van der Waals surface area contributed by atoms with E-state index in [-0.39, 0.29) is 24.0 Å². The Morgan fingerprint density at radius 1 is 1.35 bits per heavy atom. The van der Waals surface area contributed by atoms with Crippen molar-refractivity contribution in [2.45, 2.75) is 38.6 Å². The van der Waals surface area contributed by atoms with Crippen LogP contribution in [0.2, 0.25) is 0 Å². The van der Waals surface area contributed by atoms with Gasteiger partial charge < -0.3 is 15.1 Å². The number of piperidine rings is 1. The average Bonchev–Trinajstić information content (AvgIpc) is 3.18. The largest absolute Gasteiger partial charge is 0.355 e. The summed E-state index contributed by atoms with van der Waals surface area (Å²) in [5.41, 5.74) is 0. The zero-order chi connectivity index (χ0) is 13.8. The second-order valence-electron chi connectivity index (χ2n) is 6.49. The average molecular weight is 394 g/mol. The Morgan fingerprint density at radius 2 is 2.05 bits per heavy atom. The second-order valence-corrected chi connectivity index (χ2v) is 6.49. The molecular formula is C15H31IN4. The number of nitrogens with one attached hydrogen (secondary N) is 1. The minimum atomic E-state index is 0. The maximum atomic E-state index is 4.47. The fourth-order valence-electron chi connectivity index (χ4n) is 3.16. The Hall–Kier alpha value is -0.0400. The zero-order valence-corrected chi connectivity index (χ0v) is 15.8. The Kier molecular flexibility index (Phi) is 7.58. The van der Waals surface area contributed by atoms with E-state index in [2.05, 4.69) is 41.1 Å². The van der Waals surface area contributed by atoms with Crippen LogP contribution >= 0.6 is 24.0 Å². The predicted molar refractivity (Wildman–Crippen MR) is 96.9 cm³/mol. The summed E-state index contributed by atoms with van der Waals surface area (Å²) in [5.74, 6) is 2.78. The molecule has 2 fully saturated rings. The van der Waals surface area contributed by atoms with Crippen LogP contribution in [0.25, 0.3) is 0 Å². The highest BCUT2D eigenvalue weighted by atomic mass is 127. The topological polar surface area (TPSA) is 30.9 Å². The van der Waals surface area contributed by atoms with E-state index in [1.165, 1.54) is 25.7 Å². The highest BCUT2D eigenvalue weighted by molar-refractivity contribution is 14.0. The minimum Gasteiger partial charge on any atom is -0.355 e. The summed E-state index contributed by atoms with van der Waals surface area (Å²) in [7, 11) is 6.29. The molecule has 0 amide bonds. The number of halogens is 1. The summed E-state index contributed by atoms with van der Waals surface area (Å²) in [6.45, 7) is 5.66. The molecule has 2 atom stereocenters. The van der Waals surface area contributed by atoms with Gasteiger partial charge in [-0.05, 0) is 51.6 Å². The number of hydrogen-bond acceptors (Lipinski definition) is 2. The molecule has 2 aliphatic rings. The minimum absolute atomic E-state index is 0. The third kappa shape index (κ3) is 5.06. The van der Waals surface area contributed by atoms with E-state index in [0.717, 1.165) is 37.4 Å². The van der Waals surface area contributed by atoms with Crippen LogP contribution < -0.4 is 5.32 Å². The van der Waals surface area contributed by atoms with Crippen molar-refractivity contribution in [2.75, 3.05) is 40.8 Å². The fraction of sp³-hybridized carbons (Fsp3) is 0.933. The van der Waals surface area contributed by atoms with Crippen LogP contribution in [-0.4, -0.2) is 62.6 Å². The standard InChI is InChI=1S/C15H30N4.HI/c1-12-6-5-9-19(11-12)15(16-2)17-10-14(18(3)4)13-7-8-13;/h12-14H,5-11H2,1-4H3,(H,16,17);1H. The van der Waals surface area contributed by atoms with Gasteiger partial charge in [0.1, 0.15) is 0 Å². The Balaban J connectivity index is 0.00000200. The zero-order valence-electron chi connectivity index (χ0n) is 13.4. The molecule has 1 aliphatic carbocycles.